The molecule has 1 amide bonds. The number of carbonyl (C=O) groups is 1. The first kappa shape index (κ1) is 28.0. The second-order valence-corrected chi connectivity index (χ2v) is 12.1. The molecule has 2 N–H and O–H groups in total. The van der Waals surface area contributed by atoms with Gasteiger partial charge in [0.2, 0.25) is 15.9 Å². The number of likely N-dealkylation sites (tertiary alicyclic amines) is 1. The Morgan fingerprint density at radius 2 is 1.79 bits per heavy atom. The molecule has 4 rings (SSSR count). The number of amides is 1. The van der Waals surface area contributed by atoms with Gasteiger partial charge in [0.1, 0.15) is 10.6 Å². The molecule has 2 heterocycles. The second kappa shape index (κ2) is 12.2. The molecule has 1 atom stereocenters. The minimum atomic E-state index is -3.80. The summed E-state index contributed by atoms with van der Waals surface area (Å²) < 4.78 is 34.5. The summed E-state index contributed by atoms with van der Waals surface area (Å²) in [5.74, 6) is 0.687. The molecular formula is C29H38N4O4S. The Kier molecular flexibility index (Phi) is 9.02. The van der Waals surface area contributed by atoms with E-state index in [-0.39, 0.29) is 28.5 Å². The van der Waals surface area contributed by atoms with Crippen LogP contribution in [0.1, 0.15) is 67.7 Å². The van der Waals surface area contributed by atoms with Gasteiger partial charge in [-0.3, -0.25) is 4.79 Å². The lowest BCUT2D eigenvalue weighted by Gasteiger charge is -2.33. The van der Waals surface area contributed by atoms with Crippen molar-refractivity contribution in [3.05, 3.63) is 77.2 Å². The van der Waals surface area contributed by atoms with Gasteiger partial charge in [-0.15, -0.1) is 0 Å². The SMILES string of the molecule is Cc1noc(C)c1S(=O)(=O)NC(CCN1CCC(c2cccc(NC(=O)C(C)C)c2)CC1)c1ccccc1. The fourth-order valence-electron chi connectivity index (χ4n) is 5.04. The molecular weight excluding hydrogens is 500 g/mol. The molecule has 3 aromatic rings. The molecule has 1 fully saturated rings. The Hall–Kier alpha value is -3.01. The zero-order valence-electron chi connectivity index (χ0n) is 22.6. The van der Waals surface area contributed by atoms with E-state index >= 15 is 0 Å². The van der Waals surface area contributed by atoms with Crippen LogP contribution in [0, 0.1) is 19.8 Å². The van der Waals surface area contributed by atoms with Gasteiger partial charge in [0.15, 0.2) is 5.76 Å². The van der Waals surface area contributed by atoms with Crippen LogP contribution < -0.4 is 10.0 Å². The highest BCUT2D eigenvalue weighted by Crippen LogP contribution is 2.31. The first-order valence-corrected chi connectivity index (χ1v) is 14.8. The van der Waals surface area contributed by atoms with E-state index in [0.29, 0.717) is 18.0 Å². The molecule has 0 aliphatic carbocycles. The summed E-state index contributed by atoms with van der Waals surface area (Å²) in [6.45, 7) is 9.68. The van der Waals surface area contributed by atoms with Gasteiger partial charge in [-0.1, -0.05) is 61.5 Å². The summed E-state index contributed by atoms with van der Waals surface area (Å²) in [7, 11) is -3.80. The number of aryl methyl sites for hydroxylation is 2. The minimum absolute atomic E-state index is 0.0231. The molecule has 1 aliphatic rings. The summed E-state index contributed by atoms with van der Waals surface area (Å²) in [5, 5.41) is 6.82. The Morgan fingerprint density at radius 1 is 1.08 bits per heavy atom. The molecule has 9 heteroatoms. The van der Waals surface area contributed by atoms with E-state index in [1.165, 1.54) is 5.56 Å². The maximum atomic E-state index is 13.3. The highest BCUT2D eigenvalue weighted by atomic mass is 32.2. The van der Waals surface area contributed by atoms with Crippen LogP contribution in [0.4, 0.5) is 5.69 Å². The maximum Gasteiger partial charge on any atom is 0.246 e. The predicted octanol–water partition coefficient (Wildman–Crippen LogP) is 5.18. The molecule has 1 unspecified atom stereocenters. The molecule has 0 radical (unpaired) electrons. The van der Waals surface area contributed by atoms with Crippen LogP contribution in [0.3, 0.4) is 0 Å². The molecule has 1 aliphatic heterocycles. The zero-order chi connectivity index (χ0) is 27.3. The number of sulfonamides is 1. The molecule has 1 aromatic heterocycles. The van der Waals surface area contributed by atoms with E-state index in [4.69, 9.17) is 4.52 Å². The molecule has 1 saturated heterocycles. The number of rotatable bonds is 10. The third-order valence-electron chi connectivity index (χ3n) is 7.21. The van der Waals surface area contributed by atoms with Gasteiger partial charge in [-0.2, -0.15) is 0 Å². The number of aromatic nitrogens is 1. The topological polar surface area (TPSA) is 105 Å². The van der Waals surface area contributed by atoms with Crippen LogP contribution >= 0.6 is 0 Å². The lowest BCUT2D eigenvalue weighted by molar-refractivity contribution is -0.118. The van der Waals surface area contributed by atoms with E-state index in [1.54, 1.807) is 13.8 Å². The summed E-state index contributed by atoms with van der Waals surface area (Å²) in [6.07, 6.45) is 2.68. The molecule has 38 heavy (non-hydrogen) atoms. The fourth-order valence-corrected chi connectivity index (χ4v) is 6.63. The first-order chi connectivity index (χ1) is 18.1. The van der Waals surface area contributed by atoms with Crippen molar-refractivity contribution in [3.8, 4) is 0 Å². The van der Waals surface area contributed by atoms with Crippen molar-refractivity contribution in [1.29, 1.82) is 0 Å². The van der Waals surface area contributed by atoms with Gasteiger partial charge in [-0.05, 0) is 81.9 Å². The number of carbonyl (C=O) groups excluding carboxylic acids is 1. The number of anilines is 1. The molecule has 0 bridgehead atoms. The van der Waals surface area contributed by atoms with E-state index < -0.39 is 10.0 Å². The summed E-state index contributed by atoms with van der Waals surface area (Å²) in [6, 6.07) is 17.5. The number of nitrogens with one attached hydrogen (secondary N) is 2. The summed E-state index contributed by atoms with van der Waals surface area (Å²) in [4.78, 5) is 14.6. The third-order valence-corrected chi connectivity index (χ3v) is 8.92. The fraction of sp³-hybridized carbons (Fsp3) is 0.448. The Labute approximate surface area is 225 Å². The number of hydrogen-bond donors (Lipinski definition) is 2. The van der Waals surface area contributed by atoms with Crippen LogP contribution in [0.5, 0.6) is 0 Å². The second-order valence-electron chi connectivity index (χ2n) is 10.4. The van der Waals surface area contributed by atoms with Crippen molar-refractivity contribution in [2.24, 2.45) is 5.92 Å². The maximum absolute atomic E-state index is 13.3. The minimum Gasteiger partial charge on any atom is -0.360 e. The van der Waals surface area contributed by atoms with E-state index in [1.807, 2.05) is 56.3 Å². The highest BCUT2D eigenvalue weighted by Gasteiger charge is 2.29. The van der Waals surface area contributed by atoms with Crippen LogP contribution in [-0.4, -0.2) is 44.0 Å². The number of hydrogen-bond acceptors (Lipinski definition) is 6. The lowest BCUT2D eigenvalue weighted by Crippen LogP contribution is -2.37. The predicted molar refractivity (Wildman–Crippen MR) is 148 cm³/mol. The van der Waals surface area contributed by atoms with Crippen LogP contribution in [0.25, 0.3) is 0 Å². The van der Waals surface area contributed by atoms with E-state index in [2.05, 4.69) is 32.2 Å². The largest absolute Gasteiger partial charge is 0.360 e. The smallest absolute Gasteiger partial charge is 0.246 e. The quantitative estimate of drug-likeness (QED) is 0.369. The van der Waals surface area contributed by atoms with Gasteiger partial charge < -0.3 is 14.7 Å². The number of piperidine rings is 1. The molecule has 0 saturated carbocycles. The van der Waals surface area contributed by atoms with Gasteiger partial charge >= 0.3 is 0 Å². The average Bonchev–Trinajstić information content (AvgIpc) is 3.26. The van der Waals surface area contributed by atoms with E-state index in [9.17, 15) is 13.2 Å². The van der Waals surface area contributed by atoms with Crippen LogP contribution in [0.2, 0.25) is 0 Å². The highest BCUT2D eigenvalue weighted by molar-refractivity contribution is 7.89. The van der Waals surface area contributed by atoms with Crippen molar-refractivity contribution < 1.29 is 17.7 Å². The van der Waals surface area contributed by atoms with Crippen molar-refractivity contribution in [3.63, 3.8) is 0 Å². The summed E-state index contributed by atoms with van der Waals surface area (Å²) >= 11 is 0. The summed E-state index contributed by atoms with van der Waals surface area (Å²) in [5.41, 5.74) is 3.38. The Morgan fingerprint density at radius 3 is 2.42 bits per heavy atom. The zero-order valence-corrected chi connectivity index (χ0v) is 23.4. The molecule has 0 spiro atoms. The number of nitrogens with zero attached hydrogens (tertiary/aromatic N) is 2. The number of benzene rings is 2. The van der Waals surface area contributed by atoms with Crippen LogP contribution in [0.15, 0.2) is 64.0 Å². The monoisotopic (exact) mass is 538 g/mol. The Bertz CT molecular complexity index is 1310. The standard InChI is InChI=1S/C29H38N4O4S/c1-20(2)29(34)30-26-12-8-11-25(19-26)23-13-16-33(17-14-23)18-15-27(24-9-6-5-7-10-24)32-38(35,36)28-21(3)31-37-22(28)4/h5-12,19-20,23,27,32H,13-18H2,1-4H3,(H,30,34). The van der Waals surface area contributed by atoms with Crippen molar-refractivity contribution in [2.75, 3.05) is 25.0 Å². The van der Waals surface area contributed by atoms with Crippen molar-refractivity contribution in [2.45, 2.75) is 63.8 Å². The van der Waals surface area contributed by atoms with Gasteiger partial charge in [0, 0.05) is 17.6 Å². The van der Waals surface area contributed by atoms with Crippen LogP contribution in [-0.2, 0) is 14.8 Å². The Balaban J connectivity index is 1.38. The first-order valence-electron chi connectivity index (χ1n) is 13.3. The third kappa shape index (κ3) is 6.89. The van der Waals surface area contributed by atoms with E-state index in [0.717, 1.165) is 43.7 Å². The lowest BCUT2D eigenvalue weighted by atomic mass is 9.89. The van der Waals surface area contributed by atoms with Gasteiger partial charge in [0.05, 0.1) is 0 Å². The molecule has 204 valence electrons. The van der Waals surface area contributed by atoms with Crippen molar-refractivity contribution in [1.82, 2.24) is 14.8 Å². The molecule has 8 nitrogen and oxygen atoms in total. The molecule has 2 aromatic carbocycles. The average molecular weight is 539 g/mol. The normalized spacial score (nSPS) is 16.0. The van der Waals surface area contributed by atoms with Gasteiger partial charge in [0.25, 0.3) is 0 Å². The van der Waals surface area contributed by atoms with Crippen molar-refractivity contribution >= 4 is 21.6 Å². The van der Waals surface area contributed by atoms with Gasteiger partial charge in [-0.25, -0.2) is 13.1 Å².